The lowest BCUT2D eigenvalue weighted by Crippen LogP contribution is -2.43. The minimum Gasteiger partial charge on any atom is -0.460 e. The van der Waals surface area contributed by atoms with Crippen molar-refractivity contribution in [3.63, 3.8) is 0 Å². The van der Waals surface area contributed by atoms with Gasteiger partial charge in [0.15, 0.2) is 0 Å². The van der Waals surface area contributed by atoms with Gasteiger partial charge in [0, 0.05) is 13.5 Å². The molecule has 6 heteroatoms. The molecule has 0 unspecified atom stereocenters. The topological polar surface area (TPSA) is 75.7 Å². The molecule has 1 saturated heterocycles. The minimum atomic E-state index is -0.516. The average Bonchev–Trinajstić information content (AvgIpc) is 2.80. The van der Waals surface area contributed by atoms with Crippen molar-refractivity contribution in [2.75, 3.05) is 13.6 Å². The molecule has 0 radical (unpaired) electrons. The fourth-order valence-corrected chi connectivity index (χ4v) is 3.74. The molecule has 0 saturated carbocycles. The normalized spacial score (nSPS) is 19.9. The molecular formula is C22H40N2O4. The second-order valence-electron chi connectivity index (χ2n) is 8.03. The summed E-state index contributed by atoms with van der Waals surface area (Å²) in [5.41, 5.74) is 0. The van der Waals surface area contributed by atoms with Crippen LogP contribution in [0.3, 0.4) is 0 Å². The number of carbonyl (C=O) groups excluding carboxylic acids is 3. The van der Waals surface area contributed by atoms with Gasteiger partial charge in [-0.05, 0) is 19.3 Å². The smallest absolute Gasteiger partial charge is 0.306 e. The van der Waals surface area contributed by atoms with E-state index in [1.807, 2.05) is 0 Å². The fraction of sp³-hybridized carbons (Fsp3) is 0.864. The zero-order valence-corrected chi connectivity index (χ0v) is 17.9. The van der Waals surface area contributed by atoms with Crippen molar-refractivity contribution in [1.82, 2.24) is 10.2 Å². The Kier molecular flexibility index (Phi) is 13.4. The Bertz CT molecular complexity index is 456. The molecule has 0 aromatic heterocycles. The summed E-state index contributed by atoms with van der Waals surface area (Å²) >= 11 is 0. The van der Waals surface area contributed by atoms with Crippen LogP contribution in [0.2, 0.25) is 0 Å². The number of likely N-dealkylation sites (tertiary alicyclic amines) is 1. The van der Waals surface area contributed by atoms with Gasteiger partial charge in [0.2, 0.25) is 12.3 Å². The van der Waals surface area contributed by atoms with E-state index in [2.05, 4.69) is 12.2 Å². The number of hydrogen-bond donors (Lipinski definition) is 1. The predicted molar refractivity (Wildman–Crippen MR) is 111 cm³/mol. The molecule has 1 fully saturated rings. The molecule has 0 spiro atoms. The summed E-state index contributed by atoms with van der Waals surface area (Å²) < 4.78 is 5.56. The highest BCUT2D eigenvalue weighted by atomic mass is 16.5. The van der Waals surface area contributed by atoms with E-state index < -0.39 is 6.04 Å². The monoisotopic (exact) mass is 396 g/mol. The number of unbranched alkanes of at least 4 members (excludes halogenated alkanes) is 10. The lowest BCUT2D eigenvalue weighted by atomic mass is 10.1. The number of likely N-dealkylation sites (N-methyl/N-ethyl adjacent to an activating group) is 1. The van der Waals surface area contributed by atoms with Crippen molar-refractivity contribution in [2.45, 2.75) is 109 Å². The maximum atomic E-state index is 12.1. The largest absolute Gasteiger partial charge is 0.460 e. The molecule has 6 nitrogen and oxygen atoms in total. The predicted octanol–water partition coefficient (Wildman–Crippen LogP) is 3.97. The summed E-state index contributed by atoms with van der Waals surface area (Å²) in [6.45, 7) is 2.63. The molecule has 2 amide bonds. The number of nitrogens with zero attached hydrogens (tertiary/aromatic N) is 1. The Morgan fingerprint density at radius 2 is 1.61 bits per heavy atom. The lowest BCUT2D eigenvalue weighted by Gasteiger charge is -2.21. The van der Waals surface area contributed by atoms with Gasteiger partial charge in [-0.3, -0.25) is 14.4 Å². The van der Waals surface area contributed by atoms with Crippen LogP contribution in [0.5, 0.6) is 0 Å². The summed E-state index contributed by atoms with van der Waals surface area (Å²) in [5.74, 6) is -0.306. The van der Waals surface area contributed by atoms with Gasteiger partial charge in [0.1, 0.15) is 12.1 Å². The number of hydrogen-bond acceptors (Lipinski definition) is 4. The summed E-state index contributed by atoms with van der Waals surface area (Å²) in [4.78, 5) is 36.3. The first-order valence-corrected chi connectivity index (χ1v) is 11.2. The average molecular weight is 397 g/mol. The van der Waals surface area contributed by atoms with Crippen molar-refractivity contribution in [2.24, 2.45) is 0 Å². The van der Waals surface area contributed by atoms with Crippen LogP contribution < -0.4 is 5.32 Å². The Labute approximate surface area is 170 Å². The van der Waals surface area contributed by atoms with Gasteiger partial charge >= 0.3 is 5.97 Å². The van der Waals surface area contributed by atoms with Crippen molar-refractivity contribution in [3.8, 4) is 0 Å². The molecule has 1 aliphatic rings. The highest BCUT2D eigenvalue weighted by molar-refractivity contribution is 5.83. The van der Waals surface area contributed by atoms with Gasteiger partial charge in [-0.25, -0.2) is 0 Å². The molecule has 162 valence electrons. The molecule has 28 heavy (non-hydrogen) atoms. The van der Waals surface area contributed by atoms with Crippen LogP contribution in [0.1, 0.15) is 96.8 Å². The third-order valence-corrected chi connectivity index (χ3v) is 5.48. The number of amides is 2. The fourth-order valence-electron chi connectivity index (χ4n) is 3.74. The Morgan fingerprint density at radius 3 is 2.18 bits per heavy atom. The Hall–Kier alpha value is -1.59. The SMILES string of the molecule is CCCCCCCCCCCCCC(=O)O[C@H]1CC[C@H](NC=O)C(=O)N(C)C1. The molecule has 2 atom stereocenters. The summed E-state index contributed by atoms with van der Waals surface area (Å²) in [7, 11) is 1.68. The van der Waals surface area contributed by atoms with Gasteiger partial charge < -0.3 is 15.0 Å². The van der Waals surface area contributed by atoms with Gasteiger partial charge in [0.25, 0.3) is 0 Å². The Morgan fingerprint density at radius 1 is 1.04 bits per heavy atom. The van der Waals surface area contributed by atoms with Gasteiger partial charge in [-0.1, -0.05) is 71.1 Å². The molecule has 1 N–H and O–H groups in total. The number of ether oxygens (including phenoxy) is 1. The van der Waals surface area contributed by atoms with Crippen LogP contribution in [0.25, 0.3) is 0 Å². The van der Waals surface area contributed by atoms with E-state index in [1.54, 1.807) is 7.05 Å². The minimum absolute atomic E-state index is 0.129. The first-order valence-electron chi connectivity index (χ1n) is 11.2. The van der Waals surface area contributed by atoms with E-state index in [0.717, 1.165) is 12.8 Å². The third-order valence-electron chi connectivity index (χ3n) is 5.48. The van der Waals surface area contributed by atoms with Crippen LogP contribution in [0.15, 0.2) is 0 Å². The van der Waals surface area contributed by atoms with E-state index >= 15 is 0 Å². The van der Waals surface area contributed by atoms with Crippen LogP contribution >= 0.6 is 0 Å². The molecule has 0 bridgehead atoms. The van der Waals surface area contributed by atoms with Crippen molar-refractivity contribution < 1.29 is 19.1 Å². The molecule has 1 aliphatic heterocycles. The van der Waals surface area contributed by atoms with E-state index in [1.165, 1.54) is 62.7 Å². The van der Waals surface area contributed by atoms with Gasteiger partial charge in [-0.2, -0.15) is 0 Å². The molecular weight excluding hydrogens is 356 g/mol. The van der Waals surface area contributed by atoms with Crippen LogP contribution in [0, 0.1) is 0 Å². The van der Waals surface area contributed by atoms with E-state index in [0.29, 0.717) is 32.2 Å². The van der Waals surface area contributed by atoms with Gasteiger partial charge in [-0.15, -0.1) is 0 Å². The van der Waals surface area contributed by atoms with Crippen LogP contribution in [-0.2, 0) is 19.1 Å². The van der Waals surface area contributed by atoms with Crippen LogP contribution in [-0.4, -0.2) is 48.9 Å². The number of esters is 1. The number of carbonyl (C=O) groups is 3. The van der Waals surface area contributed by atoms with Crippen molar-refractivity contribution in [1.29, 1.82) is 0 Å². The van der Waals surface area contributed by atoms with E-state index in [9.17, 15) is 14.4 Å². The van der Waals surface area contributed by atoms with E-state index in [-0.39, 0.29) is 18.0 Å². The standard InChI is InChI=1S/C22H40N2O4/c1-3-4-5-6-7-8-9-10-11-12-13-14-21(26)28-19-15-16-20(23-18-25)22(27)24(2)17-19/h18-20H,3-17H2,1-2H3,(H,23,25)/t19-,20-/m0/s1. The second-order valence-corrected chi connectivity index (χ2v) is 8.03. The summed E-state index contributed by atoms with van der Waals surface area (Å²) in [5, 5.41) is 2.54. The second kappa shape index (κ2) is 15.3. The van der Waals surface area contributed by atoms with Crippen LogP contribution in [0.4, 0.5) is 0 Å². The lowest BCUT2D eigenvalue weighted by molar-refractivity contribution is -0.151. The number of rotatable bonds is 15. The molecule has 1 heterocycles. The molecule has 0 aliphatic carbocycles. The highest BCUT2D eigenvalue weighted by Crippen LogP contribution is 2.16. The quantitative estimate of drug-likeness (QED) is 0.258. The van der Waals surface area contributed by atoms with Crippen molar-refractivity contribution >= 4 is 18.3 Å². The highest BCUT2D eigenvalue weighted by Gasteiger charge is 2.30. The zero-order valence-electron chi connectivity index (χ0n) is 17.9. The zero-order chi connectivity index (χ0) is 20.6. The summed E-state index contributed by atoms with van der Waals surface area (Å²) in [6.07, 6.45) is 15.6. The first kappa shape index (κ1) is 24.4. The third kappa shape index (κ3) is 10.7. The number of nitrogens with one attached hydrogen (secondary N) is 1. The molecule has 0 aromatic carbocycles. The first-order chi connectivity index (χ1) is 13.6. The molecule has 0 aromatic rings. The molecule has 1 rings (SSSR count). The maximum Gasteiger partial charge on any atom is 0.306 e. The van der Waals surface area contributed by atoms with E-state index in [4.69, 9.17) is 4.74 Å². The van der Waals surface area contributed by atoms with Gasteiger partial charge in [0.05, 0.1) is 6.54 Å². The Balaban J connectivity index is 2.07. The maximum absolute atomic E-state index is 12.1. The summed E-state index contributed by atoms with van der Waals surface area (Å²) in [6, 6.07) is -0.516. The van der Waals surface area contributed by atoms with Crippen molar-refractivity contribution in [3.05, 3.63) is 0 Å².